The third-order valence-corrected chi connectivity index (χ3v) is 2.91. The van der Waals surface area contributed by atoms with Crippen molar-refractivity contribution in [3.05, 3.63) is 76.5 Å². The minimum absolute atomic E-state index is 0.449. The summed E-state index contributed by atoms with van der Waals surface area (Å²) in [5, 5.41) is 19.2. The molecular formula is C17H18O3. The molecule has 1 rings (SSSR count). The topological polar surface area (TPSA) is 57.5 Å². The fourth-order valence-electron chi connectivity index (χ4n) is 1.66. The first-order valence-corrected chi connectivity index (χ1v) is 6.11. The Labute approximate surface area is 118 Å². The normalized spacial score (nSPS) is 12.1. The average molecular weight is 270 g/mol. The maximum Gasteiger partial charge on any atom is 0.224 e. The largest absolute Gasteiger partial charge is 0.504 e. The summed E-state index contributed by atoms with van der Waals surface area (Å²) in [6, 6.07) is 2.64. The highest BCUT2D eigenvalue weighted by Gasteiger charge is 2.08. The zero-order chi connectivity index (χ0) is 15.3. The van der Waals surface area contributed by atoms with E-state index in [0.29, 0.717) is 11.1 Å². The lowest BCUT2D eigenvalue weighted by molar-refractivity contribution is 0.402. The van der Waals surface area contributed by atoms with Gasteiger partial charge in [-0.25, -0.2) is 0 Å². The molecule has 0 aliphatic rings. The van der Waals surface area contributed by atoms with Crippen LogP contribution in [0.1, 0.15) is 18.1 Å². The van der Waals surface area contributed by atoms with Gasteiger partial charge < -0.3 is 10.2 Å². The van der Waals surface area contributed by atoms with Crippen LogP contribution in [0, 0.1) is 6.92 Å². The molecule has 1 aromatic carbocycles. The van der Waals surface area contributed by atoms with Crippen LogP contribution in [0.15, 0.2) is 60.0 Å². The highest BCUT2D eigenvalue weighted by molar-refractivity contribution is 5.77. The Morgan fingerprint density at radius 2 is 1.80 bits per heavy atom. The van der Waals surface area contributed by atoms with Crippen LogP contribution in [0.25, 0.3) is 5.57 Å². The summed E-state index contributed by atoms with van der Waals surface area (Å²) in [6.07, 6.45) is 7.00. The minimum atomic E-state index is -0.652. The van der Waals surface area contributed by atoms with Gasteiger partial charge in [0.2, 0.25) is 11.2 Å². The van der Waals surface area contributed by atoms with Gasteiger partial charge in [-0.2, -0.15) is 0 Å². The molecule has 0 saturated carbocycles. The number of aromatic hydroxyl groups is 2. The first-order chi connectivity index (χ1) is 9.40. The molecule has 0 aliphatic heterocycles. The molecule has 0 heterocycles. The number of rotatable bonds is 4. The number of hydrogen-bond acceptors (Lipinski definition) is 3. The van der Waals surface area contributed by atoms with Crippen molar-refractivity contribution in [3.8, 4) is 11.5 Å². The lowest BCUT2D eigenvalue weighted by Gasteiger charge is -2.03. The molecule has 2 N–H and O–H groups in total. The quantitative estimate of drug-likeness (QED) is 0.824. The zero-order valence-electron chi connectivity index (χ0n) is 11.7. The van der Waals surface area contributed by atoms with Crippen LogP contribution in [-0.2, 0) is 0 Å². The Kier molecular flexibility index (Phi) is 5.09. The fraction of sp³-hybridized carbons (Fsp3) is 0.118. The first-order valence-electron chi connectivity index (χ1n) is 6.11. The molecule has 1 aromatic rings. The Hall–Kier alpha value is -2.55. The molecule has 0 fully saturated rings. The summed E-state index contributed by atoms with van der Waals surface area (Å²) >= 11 is 0. The smallest absolute Gasteiger partial charge is 0.224 e. The van der Waals surface area contributed by atoms with Crippen LogP contribution in [-0.4, -0.2) is 10.2 Å². The lowest BCUT2D eigenvalue weighted by atomic mass is 10.0. The van der Waals surface area contributed by atoms with E-state index < -0.39 is 16.9 Å². The van der Waals surface area contributed by atoms with Crippen molar-refractivity contribution in [2.24, 2.45) is 0 Å². The van der Waals surface area contributed by atoms with Crippen LogP contribution >= 0.6 is 0 Å². The average Bonchev–Trinajstić information content (AvgIpc) is 2.52. The van der Waals surface area contributed by atoms with Crippen LogP contribution in [0.5, 0.6) is 11.5 Å². The van der Waals surface area contributed by atoms with Crippen molar-refractivity contribution in [1.82, 2.24) is 0 Å². The molecule has 3 heteroatoms. The van der Waals surface area contributed by atoms with Gasteiger partial charge in [0.05, 0.1) is 0 Å². The Morgan fingerprint density at radius 3 is 2.35 bits per heavy atom. The molecule has 20 heavy (non-hydrogen) atoms. The molecule has 0 radical (unpaired) electrons. The fourth-order valence-corrected chi connectivity index (χ4v) is 1.66. The van der Waals surface area contributed by atoms with Crippen molar-refractivity contribution in [2.75, 3.05) is 0 Å². The van der Waals surface area contributed by atoms with Crippen LogP contribution in [0.2, 0.25) is 0 Å². The Balaban J connectivity index is 3.57. The third-order valence-electron chi connectivity index (χ3n) is 2.91. The van der Waals surface area contributed by atoms with Crippen molar-refractivity contribution in [3.63, 3.8) is 0 Å². The summed E-state index contributed by atoms with van der Waals surface area (Å²) in [5.74, 6) is -1.10. The molecule has 104 valence electrons. The maximum atomic E-state index is 11.6. The molecule has 0 unspecified atom stereocenters. The Bertz CT molecular complexity index is 665. The van der Waals surface area contributed by atoms with Gasteiger partial charge >= 0.3 is 0 Å². The van der Waals surface area contributed by atoms with E-state index in [4.69, 9.17) is 0 Å². The summed E-state index contributed by atoms with van der Waals surface area (Å²) in [6.45, 7) is 11.0. The summed E-state index contributed by atoms with van der Waals surface area (Å²) in [4.78, 5) is 11.6. The van der Waals surface area contributed by atoms with Crippen LogP contribution in [0.4, 0.5) is 0 Å². The highest BCUT2D eigenvalue weighted by atomic mass is 16.3. The molecule has 0 aromatic heterocycles. The number of allylic oxidation sites excluding steroid dienone is 6. The van der Waals surface area contributed by atoms with Crippen LogP contribution < -0.4 is 5.43 Å². The molecule has 0 bridgehead atoms. The van der Waals surface area contributed by atoms with E-state index in [1.165, 1.54) is 12.1 Å². The van der Waals surface area contributed by atoms with E-state index in [9.17, 15) is 15.0 Å². The van der Waals surface area contributed by atoms with E-state index in [2.05, 4.69) is 13.2 Å². The lowest BCUT2D eigenvalue weighted by Crippen LogP contribution is -1.94. The predicted molar refractivity (Wildman–Crippen MR) is 82.9 cm³/mol. The van der Waals surface area contributed by atoms with Gasteiger partial charge in [0, 0.05) is 0 Å². The van der Waals surface area contributed by atoms with Gasteiger partial charge in [-0.1, -0.05) is 43.0 Å². The van der Waals surface area contributed by atoms with E-state index in [1.54, 1.807) is 19.1 Å². The molecule has 0 spiro atoms. The van der Waals surface area contributed by atoms with Crippen molar-refractivity contribution in [1.29, 1.82) is 0 Å². The Morgan fingerprint density at radius 1 is 1.15 bits per heavy atom. The van der Waals surface area contributed by atoms with Crippen molar-refractivity contribution < 1.29 is 10.2 Å². The third kappa shape index (κ3) is 3.48. The van der Waals surface area contributed by atoms with Crippen molar-refractivity contribution in [2.45, 2.75) is 13.8 Å². The summed E-state index contributed by atoms with van der Waals surface area (Å²) < 4.78 is 0. The molecule has 3 nitrogen and oxygen atoms in total. The van der Waals surface area contributed by atoms with Gasteiger partial charge in [-0.05, 0) is 42.7 Å². The van der Waals surface area contributed by atoms with Gasteiger partial charge in [0.15, 0.2) is 5.75 Å². The van der Waals surface area contributed by atoms with Gasteiger partial charge in [-0.15, -0.1) is 0 Å². The maximum absolute atomic E-state index is 11.6. The highest BCUT2D eigenvalue weighted by Crippen LogP contribution is 2.26. The SMILES string of the molecule is C=C/C(C)=C/C=C(\C=C)c1cc(O)c(O)c(=O)cc1C. The molecule has 0 amide bonds. The second-order valence-corrected chi connectivity index (χ2v) is 4.42. The number of hydrogen-bond donors (Lipinski definition) is 2. The molecular weight excluding hydrogens is 252 g/mol. The second kappa shape index (κ2) is 6.57. The minimum Gasteiger partial charge on any atom is -0.504 e. The van der Waals surface area contributed by atoms with E-state index in [-0.39, 0.29) is 0 Å². The van der Waals surface area contributed by atoms with E-state index in [1.807, 2.05) is 19.1 Å². The van der Waals surface area contributed by atoms with E-state index in [0.717, 1.165) is 11.1 Å². The second-order valence-electron chi connectivity index (χ2n) is 4.42. The van der Waals surface area contributed by atoms with Crippen LogP contribution in [0.3, 0.4) is 0 Å². The van der Waals surface area contributed by atoms with E-state index >= 15 is 0 Å². The van der Waals surface area contributed by atoms with Gasteiger partial charge in [-0.3, -0.25) is 4.79 Å². The molecule has 0 saturated heterocycles. The van der Waals surface area contributed by atoms with Gasteiger partial charge in [0.1, 0.15) is 0 Å². The number of aryl methyl sites for hydroxylation is 1. The first kappa shape index (κ1) is 15.5. The summed E-state index contributed by atoms with van der Waals surface area (Å²) in [7, 11) is 0. The standard InChI is InChI=1S/C17H18O3/c1-5-11(3)7-8-13(6-2)14-10-16(19)17(20)15(18)9-12(14)4/h5-10H,1-2H2,3-4H3,(H2,18,19,20)/b11-7+,13-8+. The predicted octanol–water partition coefficient (Wildman–Crippen LogP) is 3.47. The monoisotopic (exact) mass is 270 g/mol. The van der Waals surface area contributed by atoms with Crippen molar-refractivity contribution >= 4 is 5.57 Å². The zero-order valence-corrected chi connectivity index (χ0v) is 11.7. The summed E-state index contributed by atoms with van der Waals surface area (Å²) in [5.41, 5.74) is 2.35. The van der Waals surface area contributed by atoms with Gasteiger partial charge in [0.25, 0.3) is 0 Å². The molecule has 0 atom stereocenters. The molecule has 0 aliphatic carbocycles.